The van der Waals surface area contributed by atoms with Crippen LogP contribution in [0.4, 0.5) is 11.5 Å². The second-order valence-corrected chi connectivity index (χ2v) is 3.96. The number of alkyl halides is 1. The van der Waals surface area contributed by atoms with Gasteiger partial charge in [0.05, 0.1) is 6.33 Å². The normalized spacial score (nSPS) is 10.2. The molecule has 0 radical (unpaired) electrons. The molecular weight excluding hydrogens is 261 g/mol. The van der Waals surface area contributed by atoms with Crippen LogP contribution in [0, 0.1) is 0 Å². The van der Waals surface area contributed by atoms with Crippen LogP contribution < -0.4 is 10.9 Å². The van der Waals surface area contributed by atoms with Gasteiger partial charge in [-0.25, -0.2) is 4.98 Å². The minimum absolute atomic E-state index is 0.0249. The average Bonchev–Trinajstić information content (AvgIpc) is 2.35. The summed E-state index contributed by atoms with van der Waals surface area (Å²) in [6, 6.07) is 7.47. The van der Waals surface area contributed by atoms with Crippen LogP contribution in [0.2, 0.25) is 5.02 Å². The fraction of sp³-hybridized carbons (Fsp3) is 0.0909. The summed E-state index contributed by atoms with van der Waals surface area (Å²) >= 11 is 11.6. The van der Waals surface area contributed by atoms with Gasteiger partial charge in [-0.2, -0.15) is 0 Å². The second-order valence-electron chi connectivity index (χ2n) is 3.31. The first-order chi connectivity index (χ1) is 8.22. The van der Waals surface area contributed by atoms with Gasteiger partial charge < -0.3 is 10.3 Å². The molecule has 1 heterocycles. The molecule has 0 amide bonds. The number of H-pyrrole nitrogens is 1. The zero-order chi connectivity index (χ0) is 12.3. The van der Waals surface area contributed by atoms with Crippen LogP contribution >= 0.6 is 23.2 Å². The Labute approximate surface area is 108 Å². The Morgan fingerprint density at radius 1 is 1.35 bits per heavy atom. The van der Waals surface area contributed by atoms with Crippen LogP contribution in [0.1, 0.15) is 5.56 Å². The molecular formula is C11H9Cl2N3O. The van der Waals surface area contributed by atoms with Crippen LogP contribution in [0.25, 0.3) is 0 Å². The minimum atomic E-state index is -0.382. The van der Waals surface area contributed by atoms with Crippen molar-refractivity contribution in [3.05, 3.63) is 51.5 Å². The monoisotopic (exact) mass is 269 g/mol. The Kier molecular flexibility index (Phi) is 3.66. The van der Waals surface area contributed by atoms with Crippen molar-refractivity contribution in [1.82, 2.24) is 9.97 Å². The van der Waals surface area contributed by atoms with Crippen molar-refractivity contribution in [2.45, 2.75) is 5.88 Å². The van der Waals surface area contributed by atoms with Gasteiger partial charge in [0, 0.05) is 11.6 Å². The zero-order valence-corrected chi connectivity index (χ0v) is 10.2. The Bertz CT molecular complexity index is 583. The number of hydrogen-bond donors (Lipinski definition) is 2. The van der Waals surface area contributed by atoms with E-state index in [1.54, 1.807) is 0 Å². The van der Waals surface area contributed by atoms with Gasteiger partial charge in [-0.1, -0.05) is 29.8 Å². The van der Waals surface area contributed by atoms with E-state index in [0.29, 0.717) is 11.7 Å². The molecule has 88 valence electrons. The van der Waals surface area contributed by atoms with Gasteiger partial charge in [-0.05, 0) is 11.6 Å². The first kappa shape index (κ1) is 12.0. The van der Waals surface area contributed by atoms with Gasteiger partial charge in [0.2, 0.25) is 0 Å². The Hall–Kier alpha value is -1.52. The molecule has 0 bridgehead atoms. The highest BCUT2D eigenvalue weighted by molar-refractivity contribution is 6.32. The van der Waals surface area contributed by atoms with E-state index in [1.807, 2.05) is 24.3 Å². The number of benzene rings is 1. The first-order valence-electron chi connectivity index (χ1n) is 4.86. The van der Waals surface area contributed by atoms with Crippen molar-refractivity contribution in [2.75, 3.05) is 5.32 Å². The highest BCUT2D eigenvalue weighted by atomic mass is 35.5. The smallest absolute Gasteiger partial charge is 0.271 e. The topological polar surface area (TPSA) is 57.8 Å². The molecule has 0 saturated carbocycles. The molecule has 0 aliphatic rings. The molecule has 0 fully saturated rings. The van der Waals surface area contributed by atoms with E-state index in [-0.39, 0.29) is 10.6 Å². The molecule has 4 nitrogen and oxygen atoms in total. The number of nitrogens with zero attached hydrogens (tertiary/aromatic N) is 1. The quantitative estimate of drug-likeness (QED) is 0.843. The molecule has 17 heavy (non-hydrogen) atoms. The predicted molar refractivity (Wildman–Crippen MR) is 69.1 cm³/mol. The number of hydrogen-bond acceptors (Lipinski definition) is 3. The van der Waals surface area contributed by atoms with Crippen molar-refractivity contribution >= 4 is 34.7 Å². The molecule has 0 aliphatic carbocycles. The van der Waals surface area contributed by atoms with E-state index in [1.165, 1.54) is 6.33 Å². The summed E-state index contributed by atoms with van der Waals surface area (Å²) < 4.78 is 0. The lowest BCUT2D eigenvalue weighted by atomic mass is 10.2. The lowest BCUT2D eigenvalue weighted by Gasteiger charge is -2.09. The van der Waals surface area contributed by atoms with Gasteiger partial charge in [0.25, 0.3) is 5.56 Å². The third-order valence-corrected chi connectivity index (χ3v) is 2.85. The van der Waals surface area contributed by atoms with Gasteiger partial charge >= 0.3 is 0 Å². The van der Waals surface area contributed by atoms with Crippen LogP contribution in [-0.4, -0.2) is 9.97 Å². The maximum Gasteiger partial charge on any atom is 0.271 e. The number of para-hydroxylation sites is 1. The van der Waals surface area contributed by atoms with Crippen molar-refractivity contribution in [1.29, 1.82) is 0 Å². The summed E-state index contributed by atoms with van der Waals surface area (Å²) in [5, 5.41) is 3.01. The summed E-state index contributed by atoms with van der Waals surface area (Å²) in [7, 11) is 0. The number of aromatic amines is 1. The molecule has 6 heteroatoms. The Balaban J connectivity index is 2.38. The molecule has 1 aromatic heterocycles. The van der Waals surface area contributed by atoms with Crippen molar-refractivity contribution in [3.8, 4) is 0 Å². The molecule has 0 atom stereocenters. The Morgan fingerprint density at radius 2 is 2.12 bits per heavy atom. The van der Waals surface area contributed by atoms with Gasteiger partial charge in [0.1, 0.15) is 5.02 Å². The van der Waals surface area contributed by atoms with E-state index in [9.17, 15) is 4.79 Å². The maximum atomic E-state index is 11.3. The van der Waals surface area contributed by atoms with Crippen molar-refractivity contribution in [2.24, 2.45) is 0 Å². The predicted octanol–water partition coefficient (Wildman–Crippen LogP) is 2.91. The van der Waals surface area contributed by atoms with Crippen molar-refractivity contribution < 1.29 is 0 Å². The molecule has 2 rings (SSSR count). The summed E-state index contributed by atoms with van der Waals surface area (Å²) in [4.78, 5) is 17.6. The fourth-order valence-corrected chi connectivity index (χ4v) is 1.74. The summed E-state index contributed by atoms with van der Waals surface area (Å²) in [6.07, 6.45) is 1.29. The summed E-state index contributed by atoms with van der Waals surface area (Å²) in [5.41, 5.74) is 1.31. The second kappa shape index (κ2) is 5.21. The Morgan fingerprint density at radius 3 is 2.88 bits per heavy atom. The van der Waals surface area contributed by atoms with Crippen molar-refractivity contribution in [3.63, 3.8) is 0 Å². The molecule has 2 aromatic rings. The molecule has 0 aliphatic heterocycles. The maximum absolute atomic E-state index is 11.3. The molecule has 0 unspecified atom stereocenters. The van der Waals surface area contributed by atoms with Crippen LogP contribution in [0.3, 0.4) is 0 Å². The lowest BCUT2D eigenvalue weighted by Crippen LogP contribution is -2.10. The third-order valence-electron chi connectivity index (χ3n) is 2.21. The SMILES string of the molecule is O=c1[nH]cnc(Nc2ccccc2CCl)c1Cl. The van der Waals surface area contributed by atoms with E-state index in [2.05, 4.69) is 15.3 Å². The molecule has 2 N–H and O–H groups in total. The lowest BCUT2D eigenvalue weighted by molar-refractivity contribution is 1.12. The molecule has 0 spiro atoms. The summed E-state index contributed by atoms with van der Waals surface area (Å²) in [6.45, 7) is 0. The zero-order valence-electron chi connectivity index (χ0n) is 8.71. The summed E-state index contributed by atoms with van der Waals surface area (Å²) in [5.74, 6) is 0.678. The van der Waals surface area contributed by atoms with E-state index < -0.39 is 0 Å². The van der Waals surface area contributed by atoms with Gasteiger partial charge in [-0.3, -0.25) is 4.79 Å². The number of rotatable bonds is 3. The minimum Gasteiger partial charge on any atom is -0.339 e. The average molecular weight is 270 g/mol. The largest absolute Gasteiger partial charge is 0.339 e. The fourth-order valence-electron chi connectivity index (χ4n) is 1.36. The van der Waals surface area contributed by atoms with E-state index in [0.717, 1.165) is 11.3 Å². The molecule has 1 aromatic carbocycles. The highest BCUT2D eigenvalue weighted by Crippen LogP contribution is 2.23. The van der Waals surface area contributed by atoms with Crippen LogP contribution in [0.15, 0.2) is 35.4 Å². The van der Waals surface area contributed by atoms with E-state index in [4.69, 9.17) is 23.2 Å². The third kappa shape index (κ3) is 2.60. The number of anilines is 2. The standard InChI is InChI=1S/C11H9Cl2N3O/c12-5-7-3-1-2-4-8(7)16-10-9(13)11(17)15-6-14-10/h1-4,6H,5H2,(H2,14,15,16,17). The molecule has 0 saturated heterocycles. The van der Waals surface area contributed by atoms with Gasteiger partial charge in [-0.15, -0.1) is 11.6 Å². The number of nitrogens with one attached hydrogen (secondary N) is 2. The van der Waals surface area contributed by atoms with Crippen LogP contribution in [-0.2, 0) is 5.88 Å². The first-order valence-corrected chi connectivity index (χ1v) is 5.77. The number of halogens is 2. The van der Waals surface area contributed by atoms with E-state index >= 15 is 0 Å². The number of aromatic nitrogens is 2. The highest BCUT2D eigenvalue weighted by Gasteiger charge is 2.07. The van der Waals surface area contributed by atoms with Gasteiger partial charge in [0.15, 0.2) is 5.82 Å². The van der Waals surface area contributed by atoms with Crippen LogP contribution in [0.5, 0.6) is 0 Å².